The number of fused-ring (bicyclic) bond motifs is 1. The summed E-state index contributed by atoms with van der Waals surface area (Å²) in [5.41, 5.74) is 2.72. The molecule has 0 aromatic carbocycles. The van der Waals surface area contributed by atoms with E-state index in [4.69, 9.17) is 14.6 Å². The molecule has 36 heavy (non-hydrogen) atoms. The molecule has 0 bridgehead atoms. The van der Waals surface area contributed by atoms with Gasteiger partial charge in [0.1, 0.15) is 9.22 Å². The van der Waals surface area contributed by atoms with Crippen LogP contribution in [0.1, 0.15) is 29.6 Å². The molecule has 0 spiro atoms. The van der Waals surface area contributed by atoms with Crippen LogP contribution >= 0.6 is 11.3 Å². The highest BCUT2D eigenvalue weighted by molar-refractivity contribution is 7.93. The topological polar surface area (TPSA) is 171 Å². The summed E-state index contributed by atoms with van der Waals surface area (Å²) in [4.78, 5) is 37.4. The van der Waals surface area contributed by atoms with Gasteiger partial charge in [-0.1, -0.05) is 0 Å². The number of methoxy groups -OCH3 is 1. The molecule has 4 heterocycles. The second kappa shape index (κ2) is 9.11. The van der Waals surface area contributed by atoms with E-state index in [-0.39, 0.29) is 10.8 Å². The number of nitrogens with one attached hydrogen (secondary N) is 2. The van der Waals surface area contributed by atoms with Crippen LogP contribution in [0.15, 0.2) is 39.3 Å². The van der Waals surface area contributed by atoms with Crippen LogP contribution in [0, 0.1) is 0 Å². The van der Waals surface area contributed by atoms with Crippen molar-refractivity contribution < 1.29 is 23.3 Å². The van der Waals surface area contributed by atoms with Crippen molar-refractivity contribution in [1.29, 1.82) is 0 Å². The molecule has 3 aromatic rings. The maximum Gasteiger partial charge on any atom is 0.408 e. The first kappa shape index (κ1) is 24.1. The number of carbonyl (C=O) groups excluding carboxylic acids is 2. The normalized spacial score (nSPS) is 20.1. The Morgan fingerprint density at radius 3 is 2.92 bits per heavy atom. The zero-order valence-corrected chi connectivity index (χ0v) is 21.1. The fraction of sp³-hybridized carbons (Fsp3) is 0.318. The van der Waals surface area contributed by atoms with Gasteiger partial charge in [0.25, 0.3) is 0 Å². The number of anilines is 1. The minimum atomic E-state index is -3.62. The summed E-state index contributed by atoms with van der Waals surface area (Å²) in [5.74, 6) is 0.415. The van der Waals surface area contributed by atoms with Gasteiger partial charge in [-0.05, 0) is 43.4 Å². The number of cyclic esters (lactones) is 1. The van der Waals surface area contributed by atoms with Gasteiger partial charge >= 0.3 is 12.1 Å². The Balaban J connectivity index is 1.47. The Morgan fingerprint density at radius 1 is 1.33 bits per heavy atom. The first-order valence-electron chi connectivity index (χ1n) is 11.0. The quantitative estimate of drug-likeness (QED) is 0.453. The van der Waals surface area contributed by atoms with E-state index in [9.17, 15) is 13.8 Å². The predicted octanol–water partition coefficient (Wildman–Crippen LogP) is 2.99. The Labute approximate surface area is 211 Å². The Hall–Kier alpha value is -3.62. The lowest BCUT2D eigenvalue weighted by Gasteiger charge is -2.17. The monoisotopic (exact) mass is 529 g/mol. The van der Waals surface area contributed by atoms with Gasteiger partial charge in [-0.2, -0.15) is 0 Å². The van der Waals surface area contributed by atoms with Gasteiger partial charge in [-0.25, -0.2) is 28.9 Å². The number of aryl methyl sites for hydroxylation is 1. The minimum absolute atomic E-state index is 0.0934. The van der Waals surface area contributed by atoms with Gasteiger partial charge in [0, 0.05) is 29.7 Å². The molecule has 0 saturated carbocycles. The lowest BCUT2D eigenvalue weighted by molar-refractivity contribution is 0.0702. The van der Waals surface area contributed by atoms with Crippen molar-refractivity contribution in [2.24, 2.45) is 9.50 Å². The van der Waals surface area contributed by atoms with Gasteiger partial charge in [-0.15, -0.1) is 15.7 Å². The Bertz CT molecular complexity index is 1500. The fourth-order valence-electron chi connectivity index (χ4n) is 4.13. The predicted molar refractivity (Wildman–Crippen MR) is 132 cm³/mol. The van der Waals surface area contributed by atoms with Crippen molar-refractivity contribution in [3.05, 3.63) is 47.0 Å². The van der Waals surface area contributed by atoms with Gasteiger partial charge in [0.2, 0.25) is 5.88 Å². The van der Waals surface area contributed by atoms with Gasteiger partial charge in [-0.3, -0.25) is 4.98 Å². The molecule has 3 aromatic heterocycles. The number of rotatable bonds is 5. The van der Waals surface area contributed by atoms with Crippen LogP contribution in [0.25, 0.3) is 11.1 Å². The van der Waals surface area contributed by atoms with Crippen LogP contribution in [-0.2, 0) is 33.1 Å². The molecule has 2 aliphatic rings. The van der Waals surface area contributed by atoms with Gasteiger partial charge < -0.3 is 20.1 Å². The van der Waals surface area contributed by atoms with Crippen LogP contribution in [0.4, 0.5) is 15.3 Å². The summed E-state index contributed by atoms with van der Waals surface area (Å²) in [7, 11) is -2.10. The van der Waals surface area contributed by atoms with E-state index in [2.05, 4.69) is 29.9 Å². The second-order valence-electron chi connectivity index (χ2n) is 8.46. The number of thiazole rings is 1. The molecule has 3 amide bonds. The van der Waals surface area contributed by atoms with Crippen molar-refractivity contribution >= 4 is 39.1 Å². The van der Waals surface area contributed by atoms with E-state index in [0.717, 1.165) is 47.4 Å². The number of alkyl carbamates (subject to hydrolysis) is 1. The second-order valence-corrected chi connectivity index (χ2v) is 11.5. The van der Waals surface area contributed by atoms with E-state index >= 15 is 0 Å². The van der Waals surface area contributed by atoms with Crippen LogP contribution in [0.2, 0.25) is 0 Å². The molecule has 1 aliphatic carbocycles. The standard InChI is InChI=1S/C22H23N7O5S2/c1-22(11-27-21(31)34-22)19-26-10-17(35-19)36(23,32)29-20(30)28-18-13-4-3-5-15(13)25-9-14(18)12-6-7-24-16(8-12)33-2/h6-10H,3-5,11H2,1-2H3,(H,27,31)(H3,23,25,28,29,30,32). The number of nitrogens with zero attached hydrogens (tertiary/aromatic N) is 4. The maximum atomic E-state index is 13.2. The van der Waals surface area contributed by atoms with Crippen LogP contribution in [0.5, 0.6) is 5.88 Å². The first-order chi connectivity index (χ1) is 17.2. The number of hydrogen-bond donors (Lipinski definition) is 3. The molecule has 1 saturated heterocycles. The molecule has 4 N–H and O–H groups in total. The molecule has 1 fully saturated rings. The zero-order chi connectivity index (χ0) is 25.5. The number of pyridine rings is 2. The third kappa shape index (κ3) is 4.50. The van der Waals surface area contributed by atoms with Crippen molar-refractivity contribution in [3.63, 3.8) is 0 Å². The van der Waals surface area contributed by atoms with E-state index in [0.29, 0.717) is 22.1 Å². The van der Waals surface area contributed by atoms with E-state index in [1.165, 1.54) is 13.3 Å². The van der Waals surface area contributed by atoms with Gasteiger partial charge in [0.05, 0.1) is 25.5 Å². The van der Waals surface area contributed by atoms with Crippen molar-refractivity contribution in [2.75, 3.05) is 19.0 Å². The molecule has 12 nitrogen and oxygen atoms in total. The smallest absolute Gasteiger partial charge is 0.408 e. The Kier molecular flexibility index (Phi) is 6.10. The largest absolute Gasteiger partial charge is 0.481 e. The number of carbonyl (C=O) groups is 2. The number of aromatic nitrogens is 3. The first-order valence-corrected chi connectivity index (χ1v) is 13.4. The highest BCUT2D eigenvalue weighted by Crippen LogP contribution is 2.37. The summed E-state index contributed by atoms with van der Waals surface area (Å²) >= 11 is 0.977. The highest BCUT2D eigenvalue weighted by Gasteiger charge is 2.40. The molecule has 5 rings (SSSR count). The lowest BCUT2D eigenvalue weighted by Crippen LogP contribution is -2.25. The summed E-state index contributed by atoms with van der Waals surface area (Å²) in [6.07, 6.45) is 6.43. The SMILES string of the molecule is COc1cc(-c2cnc3c(c2NC(=O)N=S(N)(=O)c2cnc(C4(C)CNC(=O)O4)s2)CCC3)ccn1. The highest BCUT2D eigenvalue weighted by atomic mass is 32.2. The average Bonchev–Trinajstić information content (AvgIpc) is 3.59. The van der Waals surface area contributed by atoms with E-state index in [1.54, 1.807) is 31.5 Å². The summed E-state index contributed by atoms with van der Waals surface area (Å²) in [5, 5.41) is 11.7. The zero-order valence-electron chi connectivity index (χ0n) is 19.4. The number of urea groups is 1. The molecular weight excluding hydrogens is 506 g/mol. The molecule has 188 valence electrons. The third-order valence-electron chi connectivity index (χ3n) is 5.93. The number of nitrogens with two attached hydrogens (primary N) is 1. The van der Waals surface area contributed by atoms with Crippen LogP contribution in [0.3, 0.4) is 0 Å². The summed E-state index contributed by atoms with van der Waals surface area (Å²) < 4.78 is 27.6. The molecule has 14 heteroatoms. The molecular formula is C22H23N7O5S2. The summed E-state index contributed by atoms with van der Waals surface area (Å²) in [6, 6.07) is 2.66. The lowest BCUT2D eigenvalue weighted by atomic mass is 10.0. The molecule has 2 atom stereocenters. The average molecular weight is 530 g/mol. The van der Waals surface area contributed by atoms with Crippen molar-refractivity contribution in [1.82, 2.24) is 20.3 Å². The minimum Gasteiger partial charge on any atom is -0.481 e. The van der Waals surface area contributed by atoms with Gasteiger partial charge in [0.15, 0.2) is 15.5 Å². The van der Waals surface area contributed by atoms with Crippen molar-refractivity contribution in [2.45, 2.75) is 36.0 Å². The third-order valence-corrected chi connectivity index (χ3v) is 9.05. The van der Waals surface area contributed by atoms with Crippen LogP contribution in [-0.4, -0.2) is 44.9 Å². The molecule has 1 aliphatic heterocycles. The van der Waals surface area contributed by atoms with E-state index in [1.807, 2.05) is 0 Å². The fourth-order valence-corrected chi connectivity index (χ4v) is 6.28. The molecule has 0 radical (unpaired) electrons. The molecule has 2 unspecified atom stereocenters. The van der Waals surface area contributed by atoms with Crippen LogP contribution < -0.4 is 20.5 Å². The van der Waals surface area contributed by atoms with E-state index < -0.39 is 27.6 Å². The maximum absolute atomic E-state index is 13.2. The number of amides is 3. The summed E-state index contributed by atoms with van der Waals surface area (Å²) in [6.45, 7) is 1.88. The van der Waals surface area contributed by atoms with Crippen molar-refractivity contribution in [3.8, 4) is 17.0 Å². The number of ether oxygens (including phenoxy) is 2. The Morgan fingerprint density at radius 2 is 2.17 bits per heavy atom. The number of hydrogen-bond acceptors (Lipinski definition) is 9.